The van der Waals surface area contributed by atoms with E-state index in [1.165, 1.54) is 6.92 Å². The molecule has 0 spiro atoms. The van der Waals surface area contributed by atoms with Crippen LogP contribution in [0.1, 0.15) is 41.7 Å². The molecule has 0 saturated heterocycles. The maximum absolute atomic E-state index is 12.3. The van der Waals surface area contributed by atoms with Crippen molar-refractivity contribution in [1.82, 2.24) is 5.32 Å². The number of rotatable bonds is 7. The molecule has 0 unspecified atom stereocenters. The van der Waals surface area contributed by atoms with E-state index in [4.69, 9.17) is 16.3 Å². The topological polar surface area (TPSA) is 55.4 Å². The minimum atomic E-state index is -0.180. The van der Waals surface area contributed by atoms with Crippen LogP contribution in [0.25, 0.3) is 0 Å². The molecule has 130 valence electrons. The maximum atomic E-state index is 12.3. The lowest BCUT2D eigenvalue weighted by Gasteiger charge is -2.19. The average Bonchev–Trinajstić information content (AvgIpc) is 3.44. The van der Waals surface area contributed by atoms with E-state index in [9.17, 15) is 9.59 Å². The second kappa shape index (κ2) is 7.70. The van der Waals surface area contributed by atoms with Crippen LogP contribution in [0.2, 0.25) is 5.02 Å². The standard InChI is InChI=1S/C20H20ClNO3/c1-13(23)16-3-2-4-18(11-16)25-12-19(24)22-20(14-5-6-14)15-7-9-17(21)10-8-15/h2-4,7-11,14,20H,5-6,12H2,1H3,(H,22,24)/t20-/m1/s1. The molecule has 0 bridgehead atoms. The SMILES string of the molecule is CC(=O)c1cccc(OCC(=O)N[C@@H](c2ccc(Cl)cc2)C2CC2)c1. The summed E-state index contributed by atoms with van der Waals surface area (Å²) in [5, 5.41) is 3.73. The van der Waals surface area contributed by atoms with Gasteiger partial charge in [-0.05, 0) is 55.5 Å². The summed E-state index contributed by atoms with van der Waals surface area (Å²) in [7, 11) is 0. The Hall–Kier alpha value is -2.33. The molecule has 5 heteroatoms. The van der Waals surface area contributed by atoms with Crippen LogP contribution in [-0.4, -0.2) is 18.3 Å². The molecule has 1 N–H and O–H groups in total. The predicted octanol–water partition coefficient (Wildman–Crippen LogP) is 4.19. The van der Waals surface area contributed by atoms with Crippen LogP contribution in [-0.2, 0) is 4.79 Å². The van der Waals surface area contributed by atoms with Gasteiger partial charge in [-0.15, -0.1) is 0 Å². The number of nitrogens with one attached hydrogen (secondary N) is 1. The fourth-order valence-corrected chi connectivity index (χ4v) is 2.87. The van der Waals surface area contributed by atoms with Crippen LogP contribution in [0.3, 0.4) is 0 Å². The van der Waals surface area contributed by atoms with Crippen molar-refractivity contribution in [3.63, 3.8) is 0 Å². The van der Waals surface area contributed by atoms with Crippen molar-refractivity contribution >= 4 is 23.3 Å². The molecule has 2 aromatic carbocycles. The Morgan fingerprint density at radius 1 is 1.20 bits per heavy atom. The molecule has 1 amide bonds. The van der Waals surface area contributed by atoms with Crippen LogP contribution in [0, 0.1) is 5.92 Å². The van der Waals surface area contributed by atoms with Crippen molar-refractivity contribution in [3.8, 4) is 5.75 Å². The van der Waals surface area contributed by atoms with Crippen molar-refractivity contribution < 1.29 is 14.3 Å². The lowest BCUT2D eigenvalue weighted by Crippen LogP contribution is -2.33. The number of hydrogen-bond donors (Lipinski definition) is 1. The molecule has 1 aliphatic rings. The fourth-order valence-electron chi connectivity index (χ4n) is 2.74. The largest absolute Gasteiger partial charge is 0.484 e. The number of ether oxygens (including phenoxy) is 1. The van der Waals surface area contributed by atoms with Gasteiger partial charge in [-0.1, -0.05) is 35.9 Å². The van der Waals surface area contributed by atoms with Crippen molar-refractivity contribution in [1.29, 1.82) is 0 Å². The second-order valence-electron chi connectivity index (χ2n) is 6.31. The highest BCUT2D eigenvalue weighted by molar-refractivity contribution is 6.30. The predicted molar refractivity (Wildman–Crippen MR) is 97.0 cm³/mol. The molecule has 1 aliphatic carbocycles. The molecular formula is C20H20ClNO3. The average molecular weight is 358 g/mol. The number of carbonyl (C=O) groups excluding carboxylic acids is 2. The van der Waals surface area contributed by atoms with Gasteiger partial charge in [0.2, 0.25) is 0 Å². The van der Waals surface area contributed by atoms with E-state index in [-0.39, 0.29) is 24.3 Å². The van der Waals surface area contributed by atoms with Crippen LogP contribution < -0.4 is 10.1 Å². The van der Waals surface area contributed by atoms with Gasteiger partial charge in [-0.2, -0.15) is 0 Å². The summed E-state index contributed by atoms with van der Waals surface area (Å²) in [6, 6.07) is 14.4. The molecule has 0 aromatic heterocycles. The molecule has 0 heterocycles. The van der Waals surface area contributed by atoms with E-state index in [1.807, 2.05) is 24.3 Å². The molecule has 25 heavy (non-hydrogen) atoms. The van der Waals surface area contributed by atoms with Gasteiger partial charge < -0.3 is 10.1 Å². The first kappa shape index (κ1) is 17.5. The van der Waals surface area contributed by atoms with Crippen LogP contribution in [0.15, 0.2) is 48.5 Å². The zero-order valence-electron chi connectivity index (χ0n) is 14.0. The van der Waals surface area contributed by atoms with Crippen molar-refractivity contribution in [2.45, 2.75) is 25.8 Å². The van der Waals surface area contributed by atoms with Gasteiger partial charge in [0.05, 0.1) is 6.04 Å². The summed E-state index contributed by atoms with van der Waals surface area (Å²) in [6.45, 7) is 1.41. The summed E-state index contributed by atoms with van der Waals surface area (Å²) < 4.78 is 5.53. The van der Waals surface area contributed by atoms with Gasteiger partial charge in [0.15, 0.2) is 12.4 Å². The smallest absolute Gasteiger partial charge is 0.258 e. The van der Waals surface area contributed by atoms with Gasteiger partial charge in [0.1, 0.15) is 5.75 Å². The van der Waals surface area contributed by atoms with Gasteiger partial charge in [-0.25, -0.2) is 0 Å². The minimum Gasteiger partial charge on any atom is -0.484 e. The fraction of sp³-hybridized carbons (Fsp3) is 0.300. The number of ketones is 1. The molecule has 2 aromatic rings. The van der Waals surface area contributed by atoms with Crippen LogP contribution in [0.5, 0.6) is 5.75 Å². The number of carbonyl (C=O) groups is 2. The summed E-state index contributed by atoms with van der Waals surface area (Å²) in [5.41, 5.74) is 1.62. The van der Waals surface area contributed by atoms with E-state index in [0.29, 0.717) is 22.3 Å². The summed E-state index contributed by atoms with van der Waals surface area (Å²) >= 11 is 5.94. The summed E-state index contributed by atoms with van der Waals surface area (Å²) in [6.07, 6.45) is 2.21. The Bertz CT molecular complexity index is 769. The van der Waals surface area contributed by atoms with Crippen LogP contribution >= 0.6 is 11.6 Å². The first-order valence-corrected chi connectivity index (χ1v) is 8.69. The Labute approximate surface area is 152 Å². The Kier molecular flexibility index (Phi) is 5.39. The van der Waals surface area contributed by atoms with Crippen molar-refractivity contribution in [2.75, 3.05) is 6.61 Å². The number of amides is 1. The zero-order chi connectivity index (χ0) is 17.8. The highest BCUT2D eigenvalue weighted by Gasteiger charge is 2.33. The monoisotopic (exact) mass is 357 g/mol. The normalized spacial score (nSPS) is 14.6. The Morgan fingerprint density at radius 3 is 2.56 bits per heavy atom. The van der Waals surface area contributed by atoms with E-state index in [0.717, 1.165) is 18.4 Å². The third kappa shape index (κ3) is 4.83. The molecule has 3 rings (SSSR count). The summed E-state index contributed by atoms with van der Waals surface area (Å²) in [5.74, 6) is 0.759. The summed E-state index contributed by atoms with van der Waals surface area (Å²) in [4.78, 5) is 23.7. The molecule has 4 nitrogen and oxygen atoms in total. The first-order valence-electron chi connectivity index (χ1n) is 8.31. The second-order valence-corrected chi connectivity index (χ2v) is 6.74. The van der Waals surface area contributed by atoms with E-state index < -0.39 is 0 Å². The zero-order valence-corrected chi connectivity index (χ0v) is 14.8. The van der Waals surface area contributed by atoms with Gasteiger partial charge in [-0.3, -0.25) is 9.59 Å². The number of Topliss-reactive ketones (excluding diaryl/α,β-unsaturated/α-hetero) is 1. The maximum Gasteiger partial charge on any atom is 0.258 e. The number of halogens is 1. The van der Waals surface area contributed by atoms with E-state index in [2.05, 4.69) is 5.32 Å². The molecule has 0 radical (unpaired) electrons. The molecule has 1 saturated carbocycles. The minimum absolute atomic E-state index is 0.0167. The number of benzene rings is 2. The third-order valence-corrected chi connectivity index (χ3v) is 4.50. The highest BCUT2D eigenvalue weighted by atomic mass is 35.5. The molecule has 1 fully saturated rings. The van der Waals surface area contributed by atoms with E-state index in [1.54, 1.807) is 24.3 Å². The van der Waals surface area contributed by atoms with Crippen molar-refractivity contribution in [2.24, 2.45) is 5.92 Å². The molecule has 1 atom stereocenters. The first-order chi connectivity index (χ1) is 12.0. The lowest BCUT2D eigenvalue weighted by molar-refractivity contribution is -0.124. The van der Waals surface area contributed by atoms with Gasteiger partial charge in [0.25, 0.3) is 5.91 Å². The highest BCUT2D eigenvalue weighted by Crippen LogP contribution is 2.41. The third-order valence-electron chi connectivity index (χ3n) is 4.25. The Balaban J connectivity index is 1.60. The number of hydrogen-bond acceptors (Lipinski definition) is 3. The van der Waals surface area contributed by atoms with Gasteiger partial charge >= 0.3 is 0 Å². The van der Waals surface area contributed by atoms with E-state index >= 15 is 0 Å². The Morgan fingerprint density at radius 2 is 1.92 bits per heavy atom. The van der Waals surface area contributed by atoms with Crippen LogP contribution in [0.4, 0.5) is 0 Å². The lowest BCUT2D eigenvalue weighted by atomic mass is 10.0. The van der Waals surface area contributed by atoms with Gasteiger partial charge in [0, 0.05) is 10.6 Å². The molecular weight excluding hydrogens is 338 g/mol. The quantitative estimate of drug-likeness (QED) is 0.756. The molecule has 0 aliphatic heterocycles. The van der Waals surface area contributed by atoms with Crippen molar-refractivity contribution in [3.05, 3.63) is 64.7 Å².